The number of carbonyl (C=O) groups excluding carboxylic acids is 3. The van der Waals surface area contributed by atoms with Gasteiger partial charge in [-0.1, -0.05) is 11.6 Å². The molecule has 1 aromatic rings. The van der Waals surface area contributed by atoms with Gasteiger partial charge in [-0.25, -0.2) is 4.79 Å². The third-order valence-electron chi connectivity index (χ3n) is 4.00. The standard InChI is InChI=1S/C17H22ClN3O4/c1-25-16(23)8-7-15(22)20-9-2-10-21(12-11-20)17(24)19-14-5-3-13(18)4-6-14/h3-6H,2,7-12H2,1H3,(H,19,24). The molecule has 0 unspecified atom stereocenters. The van der Waals surface area contributed by atoms with E-state index in [-0.39, 0.29) is 24.8 Å². The van der Waals surface area contributed by atoms with Crippen molar-refractivity contribution < 1.29 is 19.1 Å². The van der Waals surface area contributed by atoms with Crippen LogP contribution in [0.15, 0.2) is 24.3 Å². The largest absolute Gasteiger partial charge is 0.469 e. The Morgan fingerprint density at radius 2 is 1.68 bits per heavy atom. The lowest BCUT2D eigenvalue weighted by Gasteiger charge is -2.22. The number of amides is 3. The van der Waals surface area contributed by atoms with Crippen molar-refractivity contribution in [2.75, 3.05) is 38.6 Å². The molecule has 1 fully saturated rings. The van der Waals surface area contributed by atoms with Crippen molar-refractivity contribution in [3.63, 3.8) is 0 Å². The van der Waals surface area contributed by atoms with Crippen molar-refractivity contribution in [2.24, 2.45) is 0 Å². The predicted octanol–water partition coefficient (Wildman–Crippen LogP) is 2.36. The van der Waals surface area contributed by atoms with Crippen molar-refractivity contribution in [1.82, 2.24) is 9.80 Å². The Kier molecular flexibility index (Phi) is 7.06. The fourth-order valence-corrected chi connectivity index (χ4v) is 2.70. The molecule has 1 aliphatic rings. The second-order valence-electron chi connectivity index (χ2n) is 5.73. The summed E-state index contributed by atoms with van der Waals surface area (Å²) < 4.78 is 4.55. The molecule has 25 heavy (non-hydrogen) atoms. The minimum absolute atomic E-state index is 0.0760. The summed E-state index contributed by atoms with van der Waals surface area (Å²) in [5, 5.41) is 3.43. The average molecular weight is 368 g/mol. The Labute approximate surface area is 151 Å². The molecular weight excluding hydrogens is 346 g/mol. The first-order chi connectivity index (χ1) is 12.0. The van der Waals surface area contributed by atoms with E-state index in [2.05, 4.69) is 10.1 Å². The first kappa shape index (κ1) is 19.1. The van der Waals surface area contributed by atoms with Crippen LogP contribution in [0.3, 0.4) is 0 Å². The van der Waals surface area contributed by atoms with Crippen LogP contribution in [0, 0.1) is 0 Å². The van der Waals surface area contributed by atoms with Crippen LogP contribution in [0.1, 0.15) is 19.3 Å². The summed E-state index contributed by atoms with van der Waals surface area (Å²) in [6.45, 7) is 2.04. The van der Waals surface area contributed by atoms with Crippen molar-refractivity contribution in [3.05, 3.63) is 29.3 Å². The third-order valence-corrected chi connectivity index (χ3v) is 4.25. The van der Waals surface area contributed by atoms with Gasteiger partial charge in [-0.15, -0.1) is 0 Å². The zero-order chi connectivity index (χ0) is 18.2. The monoisotopic (exact) mass is 367 g/mol. The maximum atomic E-state index is 12.4. The number of esters is 1. The lowest BCUT2D eigenvalue weighted by Crippen LogP contribution is -2.39. The highest BCUT2D eigenvalue weighted by Gasteiger charge is 2.22. The molecular formula is C17H22ClN3O4. The molecule has 1 aromatic carbocycles. The molecule has 0 atom stereocenters. The van der Waals surface area contributed by atoms with Gasteiger partial charge in [0, 0.05) is 43.3 Å². The van der Waals surface area contributed by atoms with E-state index in [0.717, 1.165) is 0 Å². The summed E-state index contributed by atoms with van der Waals surface area (Å²) in [5.74, 6) is -0.488. The lowest BCUT2D eigenvalue weighted by molar-refractivity contribution is -0.143. The number of nitrogens with one attached hydrogen (secondary N) is 1. The fraction of sp³-hybridized carbons (Fsp3) is 0.471. The number of nitrogens with zero attached hydrogens (tertiary/aromatic N) is 2. The van der Waals surface area contributed by atoms with Gasteiger partial charge in [0.2, 0.25) is 5.91 Å². The second kappa shape index (κ2) is 9.27. The third kappa shape index (κ3) is 5.94. The quantitative estimate of drug-likeness (QED) is 0.828. The Hall–Kier alpha value is -2.28. The molecule has 8 heteroatoms. The summed E-state index contributed by atoms with van der Waals surface area (Å²) in [6.07, 6.45) is 0.897. The van der Waals surface area contributed by atoms with Crippen LogP contribution in [0.2, 0.25) is 5.02 Å². The molecule has 136 valence electrons. The van der Waals surface area contributed by atoms with Gasteiger partial charge in [0.25, 0.3) is 0 Å². The van der Waals surface area contributed by atoms with E-state index < -0.39 is 5.97 Å². The number of anilines is 1. The van der Waals surface area contributed by atoms with Gasteiger partial charge in [0.05, 0.1) is 13.5 Å². The molecule has 1 saturated heterocycles. The SMILES string of the molecule is COC(=O)CCC(=O)N1CCCN(C(=O)Nc2ccc(Cl)cc2)CC1. The summed E-state index contributed by atoms with van der Waals surface area (Å²) in [4.78, 5) is 39.0. The average Bonchev–Trinajstić information content (AvgIpc) is 2.87. The van der Waals surface area contributed by atoms with Crippen LogP contribution in [0.25, 0.3) is 0 Å². The van der Waals surface area contributed by atoms with Gasteiger partial charge in [0.1, 0.15) is 0 Å². The number of hydrogen-bond acceptors (Lipinski definition) is 4. The second-order valence-corrected chi connectivity index (χ2v) is 6.17. The number of hydrogen-bond donors (Lipinski definition) is 1. The van der Waals surface area contributed by atoms with E-state index in [0.29, 0.717) is 43.3 Å². The van der Waals surface area contributed by atoms with E-state index in [1.54, 1.807) is 34.1 Å². The first-order valence-corrected chi connectivity index (χ1v) is 8.53. The van der Waals surface area contributed by atoms with Crippen LogP contribution in [-0.4, -0.2) is 61.0 Å². The van der Waals surface area contributed by atoms with E-state index in [4.69, 9.17) is 11.6 Å². The predicted molar refractivity (Wildman–Crippen MR) is 94.5 cm³/mol. The Morgan fingerprint density at radius 3 is 2.36 bits per heavy atom. The molecule has 7 nitrogen and oxygen atoms in total. The molecule has 0 radical (unpaired) electrons. The molecule has 0 spiro atoms. The van der Waals surface area contributed by atoms with Gasteiger partial charge < -0.3 is 19.9 Å². The van der Waals surface area contributed by atoms with Gasteiger partial charge in [-0.05, 0) is 30.7 Å². The maximum absolute atomic E-state index is 12.4. The molecule has 3 amide bonds. The molecule has 1 N–H and O–H groups in total. The highest BCUT2D eigenvalue weighted by molar-refractivity contribution is 6.30. The molecule has 0 aliphatic carbocycles. The Morgan fingerprint density at radius 1 is 1.04 bits per heavy atom. The minimum Gasteiger partial charge on any atom is -0.469 e. The lowest BCUT2D eigenvalue weighted by atomic mass is 10.2. The Bertz CT molecular complexity index is 621. The van der Waals surface area contributed by atoms with Crippen LogP contribution in [0.4, 0.5) is 10.5 Å². The number of urea groups is 1. The van der Waals surface area contributed by atoms with Crippen LogP contribution < -0.4 is 5.32 Å². The fourth-order valence-electron chi connectivity index (χ4n) is 2.57. The number of methoxy groups -OCH3 is 1. The summed E-state index contributed by atoms with van der Waals surface area (Å²) in [5.41, 5.74) is 0.671. The van der Waals surface area contributed by atoms with Crippen molar-refractivity contribution in [1.29, 1.82) is 0 Å². The number of carbonyl (C=O) groups is 3. The molecule has 0 saturated carbocycles. The zero-order valence-corrected chi connectivity index (χ0v) is 14.9. The van der Waals surface area contributed by atoms with Crippen molar-refractivity contribution in [3.8, 4) is 0 Å². The molecule has 0 aromatic heterocycles. The van der Waals surface area contributed by atoms with Gasteiger partial charge in [-0.2, -0.15) is 0 Å². The number of benzene rings is 1. The Balaban J connectivity index is 1.83. The summed E-state index contributed by atoms with van der Waals surface area (Å²) >= 11 is 5.83. The van der Waals surface area contributed by atoms with Crippen LogP contribution in [0.5, 0.6) is 0 Å². The van der Waals surface area contributed by atoms with E-state index in [9.17, 15) is 14.4 Å². The van der Waals surface area contributed by atoms with Crippen molar-refractivity contribution in [2.45, 2.75) is 19.3 Å². The summed E-state index contributed by atoms with van der Waals surface area (Å²) in [6, 6.07) is 6.69. The number of rotatable bonds is 4. The molecule has 0 bridgehead atoms. The molecule has 1 aliphatic heterocycles. The zero-order valence-electron chi connectivity index (χ0n) is 14.2. The van der Waals surface area contributed by atoms with Crippen LogP contribution in [-0.2, 0) is 14.3 Å². The van der Waals surface area contributed by atoms with Gasteiger partial charge in [0.15, 0.2) is 0 Å². The molecule has 1 heterocycles. The van der Waals surface area contributed by atoms with E-state index in [1.165, 1.54) is 7.11 Å². The number of ether oxygens (including phenoxy) is 1. The maximum Gasteiger partial charge on any atom is 0.321 e. The normalized spacial score (nSPS) is 14.6. The van der Waals surface area contributed by atoms with Crippen LogP contribution >= 0.6 is 11.6 Å². The first-order valence-electron chi connectivity index (χ1n) is 8.15. The smallest absolute Gasteiger partial charge is 0.321 e. The van der Waals surface area contributed by atoms with Gasteiger partial charge in [-0.3, -0.25) is 9.59 Å². The highest BCUT2D eigenvalue weighted by atomic mass is 35.5. The topological polar surface area (TPSA) is 79.0 Å². The van der Waals surface area contributed by atoms with Crippen molar-refractivity contribution >= 4 is 35.2 Å². The van der Waals surface area contributed by atoms with Gasteiger partial charge >= 0.3 is 12.0 Å². The van der Waals surface area contributed by atoms with E-state index >= 15 is 0 Å². The summed E-state index contributed by atoms with van der Waals surface area (Å²) in [7, 11) is 1.30. The number of halogens is 1. The highest BCUT2D eigenvalue weighted by Crippen LogP contribution is 2.14. The van der Waals surface area contributed by atoms with E-state index in [1.807, 2.05) is 0 Å². The molecule has 2 rings (SSSR count). The minimum atomic E-state index is -0.396.